The van der Waals surface area contributed by atoms with Crippen LogP contribution in [-0.2, 0) is 18.0 Å². The maximum absolute atomic E-state index is 5.88. The van der Waals surface area contributed by atoms with Crippen molar-refractivity contribution in [2.24, 2.45) is 0 Å². The fourth-order valence-electron chi connectivity index (χ4n) is 2.67. The zero-order valence-corrected chi connectivity index (χ0v) is 17.2. The van der Waals surface area contributed by atoms with Crippen molar-refractivity contribution < 1.29 is 18.0 Å². The van der Waals surface area contributed by atoms with E-state index in [0.29, 0.717) is 25.9 Å². The van der Waals surface area contributed by atoms with Crippen LogP contribution in [0.5, 0.6) is 0 Å². The van der Waals surface area contributed by atoms with E-state index in [-0.39, 0.29) is 0 Å². The number of unbranched alkanes of at least 4 members (excludes halogenated alkanes) is 4. The molecule has 0 saturated carbocycles. The van der Waals surface area contributed by atoms with Gasteiger partial charge in [0.05, 0.1) is 6.10 Å². The molecule has 5 heteroatoms. The molecule has 0 saturated heterocycles. The third-order valence-electron chi connectivity index (χ3n) is 3.84. The minimum absolute atomic E-state index is 0.346. The summed E-state index contributed by atoms with van der Waals surface area (Å²) in [7, 11) is -2.45. The Hall–Kier alpha value is 0.0569. The number of ether oxygens (including phenoxy) is 1. The standard InChI is InChI=1S/C18H40O4Si/c1-6-10-11-13-16-19-18(5)15-12-14-17-23(20-7-2,21-8-3)22-9-4/h18H,6-17H2,1-5H3. The summed E-state index contributed by atoms with van der Waals surface area (Å²) in [6.45, 7) is 13.3. The summed E-state index contributed by atoms with van der Waals surface area (Å²) in [5.41, 5.74) is 0. The smallest absolute Gasteiger partial charge is 0.379 e. The van der Waals surface area contributed by atoms with E-state index in [2.05, 4.69) is 13.8 Å². The van der Waals surface area contributed by atoms with Crippen LogP contribution in [0.15, 0.2) is 0 Å². The first-order valence-electron chi connectivity index (χ1n) is 9.67. The molecular formula is C18H40O4Si. The van der Waals surface area contributed by atoms with Crippen molar-refractivity contribution in [3.8, 4) is 0 Å². The lowest BCUT2D eigenvalue weighted by molar-refractivity contribution is 0.0539. The van der Waals surface area contributed by atoms with Gasteiger partial charge in [-0.2, -0.15) is 0 Å². The summed E-state index contributed by atoms with van der Waals surface area (Å²) in [5.74, 6) is 0. The van der Waals surface area contributed by atoms with Crippen LogP contribution in [0, 0.1) is 0 Å². The first-order valence-corrected chi connectivity index (χ1v) is 11.6. The monoisotopic (exact) mass is 348 g/mol. The van der Waals surface area contributed by atoms with Crippen molar-refractivity contribution in [2.45, 2.75) is 91.7 Å². The van der Waals surface area contributed by atoms with Gasteiger partial charge in [-0.25, -0.2) is 0 Å². The highest BCUT2D eigenvalue weighted by Gasteiger charge is 2.39. The van der Waals surface area contributed by atoms with Gasteiger partial charge in [-0.15, -0.1) is 0 Å². The van der Waals surface area contributed by atoms with Crippen molar-refractivity contribution in [2.75, 3.05) is 26.4 Å². The van der Waals surface area contributed by atoms with Crippen molar-refractivity contribution in [3.05, 3.63) is 0 Å². The highest BCUT2D eigenvalue weighted by Crippen LogP contribution is 2.20. The Morgan fingerprint density at radius 1 is 0.739 bits per heavy atom. The summed E-state index contributed by atoms with van der Waals surface area (Å²) in [6, 6.07) is 0.908. The lowest BCUT2D eigenvalue weighted by Crippen LogP contribution is -2.45. The van der Waals surface area contributed by atoms with E-state index in [1.54, 1.807) is 0 Å². The Balaban J connectivity index is 3.90. The summed E-state index contributed by atoms with van der Waals surface area (Å²) in [4.78, 5) is 0. The molecule has 4 nitrogen and oxygen atoms in total. The molecule has 0 aromatic rings. The second-order valence-electron chi connectivity index (χ2n) is 5.97. The van der Waals surface area contributed by atoms with E-state index in [0.717, 1.165) is 31.9 Å². The highest BCUT2D eigenvalue weighted by atomic mass is 28.4. The first-order chi connectivity index (χ1) is 11.1. The van der Waals surface area contributed by atoms with Gasteiger partial charge in [-0.05, 0) is 47.0 Å². The molecule has 140 valence electrons. The molecule has 0 aromatic carbocycles. The van der Waals surface area contributed by atoms with Crippen LogP contribution in [0.3, 0.4) is 0 Å². The quantitative estimate of drug-likeness (QED) is 0.268. The van der Waals surface area contributed by atoms with Crippen molar-refractivity contribution >= 4 is 8.80 Å². The second kappa shape index (κ2) is 15.6. The molecule has 1 unspecified atom stereocenters. The third-order valence-corrected chi connectivity index (χ3v) is 6.99. The predicted octanol–water partition coefficient (Wildman–Crippen LogP) is 5.19. The second-order valence-corrected chi connectivity index (χ2v) is 8.70. The zero-order chi connectivity index (χ0) is 17.4. The number of hydrogen-bond donors (Lipinski definition) is 0. The molecular weight excluding hydrogens is 308 g/mol. The van der Waals surface area contributed by atoms with E-state index in [1.807, 2.05) is 20.8 Å². The molecule has 23 heavy (non-hydrogen) atoms. The van der Waals surface area contributed by atoms with Gasteiger partial charge in [0.25, 0.3) is 0 Å². The Morgan fingerprint density at radius 2 is 1.35 bits per heavy atom. The van der Waals surface area contributed by atoms with Crippen molar-refractivity contribution in [1.29, 1.82) is 0 Å². The van der Waals surface area contributed by atoms with Crippen LogP contribution in [0.2, 0.25) is 6.04 Å². The topological polar surface area (TPSA) is 36.9 Å². The summed E-state index contributed by atoms with van der Waals surface area (Å²) >= 11 is 0. The maximum atomic E-state index is 5.88. The molecule has 0 fully saturated rings. The minimum atomic E-state index is -2.45. The summed E-state index contributed by atoms with van der Waals surface area (Å²) < 4.78 is 23.5. The molecule has 0 aliphatic heterocycles. The van der Waals surface area contributed by atoms with Crippen LogP contribution < -0.4 is 0 Å². The fraction of sp³-hybridized carbons (Fsp3) is 1.00. The lowest BCUT2D eigenvalue weighted by Gasteiger charge is -2.28. The molecule has 0 N–H and O–H groups in total. The van der Waals surface area contributed by atoms with Gasteiger partial charge < -0.3 is 18.0 Å². The molecule has 0 aliphatic rings. The Bertz CT molecular complexity index is 234. The SMILES string of the molecule is CCCCCCOC(C)CCCC[Si](OCC)(OCC)OCC. The Labute approximate surface area is 145 Å². The van der Waals surface area contributed by atoms with Crippen LogP contribution >= 0.6 is 0 Å². The Kier molecular flexibility index (Phi) is 15.6. The predicted molar refractivity (Wildman–Crippen MR) is 98.8 cm³/mol. The zero-order valence-electron chi connectivity index (χ0n) is 16.2. The molecule has 0 rings (SSSR count). The van der Waals surface area contributed by atoms with Crippen molar-refractivity contribution in [3.63, 3.8) is 0 Å². The van der Waals surface area contributed by atoms with E-state index >= 15 is 0 Å². The molecule has 0 bridgehead atoms. The summed E-state index contributed by atoms with van der Waals surface area (Å²) in [6.07, 6.45) is 8.73. The average Bonchev–Trinajstić information content (AvgIpc) is 2.52. The minimum Gasteiger partial charge on any atom is -0.379 e. The van der Waals surface area contributed by atoms with Crippen LogP contribution in [0.4, 0.5) is 0 Å². The first kappa shape index (κ1) is 23.1. The molecule has 0 heterocycles. The molecule has 0 spiro atoms. The molecule has 0 radical (unpaired) electrons. The van der Waals surface area contributed by atoms with Crippen LogP contribution in [0.1, 0.15) is 79.6 Å². The molecule has 1 atom stereocenters. The van der Waals surface area contributed by atoms with Gasteiger partial charge in [0.2, 0.25) is 0 Å². The van der Waals surface area contributed by atoms with E-state index in [4.69, 9.17) is 18.0 Å². The normalized spacial score (nSPS) is 13.4. The Morgan fingerprint density at radius 3 is 1.87 bits per heavy atom. The summed E-state index contributed by atoms with van der Waals surface area (Å²) in [5, 5.41) is 0. The van der Waals surface area contributed by atoms with Gasteiger partial charge in [0, 0.05) is 32.5 Å². The highest BCUT2D eigenvalue weighted by molar-refractivity contribution is 6.60. The van der Waals surface area contributed by atoms with Crippen LogP contribution in [-0.4, -0.2) is 41.3 Å². The van der Waals surface area contributed by atoms with Crippen molar-refractivity contribution in [1.82, 2.24) is 0 Å². The van der Waals surface area contributed by atoms with Gasteiger partial charge in [-0.3, -0.25) is 0 Å². The third kappa shape index (κ3) is 12.1. The van der Waals surface area contributed by atoms with E-state index < -0.39 is 8.80 Å². The maximum Gasteiger partial charge on any atom is 0.500 e. The van der Waals surface area contributed by atoms with Gasteiger partial charge >= 0.3 is 8.80 Å². The molecule has 0 amide bonds. The molecule has 0 aromatic heterocycles. The average molecular weight is 349 g/mol. The van der Waals surface area contributed by atoms with Gasteiger partial charge in [0.1, 0.15) is 0 Å². The van der Waals surface area contributed by atoms with Gasteiger partial charge in [0.15, 0.2) is 0 Å². The lowest BCUT2D eigenvalue weighted by atomic mass is 10.2. The fourth-order valence-corrected chi connectivity index (χ4v) is 5.36. The van der Waals surface area contributed by atoms with E-state index in [1.165, 1.54) is 25.7 Å². The number of rotatable bonds is 17. The molecule has 0 aliphatic carbocycles. The number of hydrogen-bond acceptors (Lipinski definition) is 4. The van der Waals surface area contributed by atoms with Crippen LogP contribution in [0.25, 0.3) is 0 Å². The largest absolute Gasteiger partial charge is 0.500 e. The van der Waals surface area contributed by atoms with E-state index in [9.17, 15) is 0 Å². The van der Waals surface area contributed by atoms with Gasteiger partial charge in [-0.1, -0.05) is 32.6 Å².